The van der Waals surface area contributed by atoms with Gasteiger partial charge >= 0.3 is 0 Å². The van der Waals surface area contributed by atoms with Crippen LogP contribution >= 0.6 is 11.8 Å². The Kier molecular flexibility index (Phi) is 5.03. The Hall–Kier alpha value is -1.08. The van der Waals surface area contributed by atoms with Crippen molar-refractivity contribution in [2.75, 3.05) is 38.5 Å². The first-order valence-electron chi connectivity index (χ1n) is 8.17. The summed E-state index contributed by atoms with van der Waals surface area (Å²) in [6.07, 6.45) is 2.70. The van der Waals surface area contributed by atoms with Crippen molar-refractivity contribution >= 4 is 28.7 Å². The number of aliphatic imine (C=N–C) groups is 1. The van der Waals surface area contributed by atoms with E-state index in [1.54, 1.807) is 11.8 Å². The van der Waals surface area contributed by atoms with Crippen LogP contribution in [0.25, 0.3) is 0 Å². The molecule has 2 amide bonds. The van der Waals surface area contributed by atoms with Crippen LogP contribution in [0.4, 0.5) is 0 Å². The minimum absolute atomic E-state index is 0.0530. The van der Waals surface area contributed by atoms with Gasteiger partial charge in [0.15, 0.2) is 5.17 Å². The van der Waals surface area contributed by atoms with Gasteiger partial charge < -0.3 is 10.2 Å². The Morgan fingerprint density at radius 2 is 2.36 bits per heavy atom. The molecule has 3 heterocycles. The zero-order valence-corrected chi connectivity index (χ0v) is 13.9. The summed E-state index contributed by atoms with van der Waals surface area (Å²) in [5.74, 6) is 0.764. The first kappa shape index (κ1) is 15.8. The molecule has 0 saturated carbocycles. The number of amides is 2. The number of amidine groups is 1. The highest BCUT2D eigenvalue weighted by Crippen LogP contribution is 2.23. The highest BCUT2D eigenvalue weighted by molar-refractivity contribution is 8.14. The number of hydrogen-bond acceptors (Lipinski definition) is 5. The zero-order chi connectivity index (χ0) is 15.5. The van der Waals surface area contributed by atoms with E-state index < -0.39 is 0 Å². The molecule has 0 aromatic carbocycles. The first-order chi connectivity index (χ1) is 10.7. The van der Waals surface area contributed by atoms with Crippen molar-refractivity contribution in [3.63, 3.8) is 0 Å². The third-order valence-electron chi connectivity index (χ3n) is 4.74. The van der Waals surface area contributed by atoms with Crippen LogP contribution in [-0.2, 0) is 9.59 Å². The van der Waals surface area contributed by atoms with Crippen molar-refractivity contribution in [2.45, 2.75) is 32.2 Å². The Morgan fingerprint density at radius 3 is 3.09 bits per heavy atom. The van der Waals surface area contributed by atoms with Gasteiger partial charge in [0.05, 0.1) is 12.5 Å². The summed E-state index contributed by atoms with van der Waals surface area (Å²) < 4.78 is 0. The molecule has 3 rings (SSSR count). The molecule has 0 aromatic heterocycles. The fourth-order valence-corrected chi connectivity index (χ4v) is 4.25. The van der Waals surface area contributed by atoms with Gasteiger partial charge in [-0.3, -0.25) is 19.5 Å². The third kappa shape index (κ3) is 3.46. The summed E-state index contributed by atoms with van der Waals surface area (Å²) in [6.45, 7) is 6.42. The van der Waals surface area contributed by atoms with E-state index in [0.29, 0.717) is 24.2 Å². The van der Waals surface area contributed by atoms with Crippen molar-refractivity contribution in [1.29, 1.82) is 0 Å². The molecule has 0 aromatic rings. The van der Waals surface area contributed by atoms with Crippen molar-refractivity contribution in [1.82, 2.24) is 15.1 Å². The van der Waals surface area contributed by atoms with E-state index in [0.717, 1.165) is 38.4 Å². The zero-order valence-electron chi connectivity index (χ0n) is 13.1. The number of carbonyl (C=O) groups excluding carboxylic acids is 2. The molecule has 7 heteroatoms. The van der Waals surface area contributed by atoms with Gasteiger partial charge in [-0.05, 0) is 25.9 Å². The lowest BCUT2D eigenvalue weighted by atomic mass is 10.1. The maximum absolute atomic E-state index is 12.3. The van der Waals surface area contributed by atoms with Crippen molar-refractivity contribution in [3.8, 4) is 0 Å². The second-order valence-corrected chi connectivity index (χ2v) is 7.23. The lowest BCUT2D eigenvalue weighted by Gasteiger charge is -2.27. The van der Waals surface area contributed by atoms with Crippen LogP contribution < -0.4 is 5.32 Å². The van der Waals surface area contributed by atoms with Gasteiger partial charge in [0.2, 0.25) is 11.8 Å². The molecule has 2 atom stereocenters. The number of likely N-dealkylation sites (tertiary alicyclic amines) is 2. The molecule has 3 aliphatic heterocycles. The fourth-order valence-electron chi connectivity index (χ4n) is 3.52. The first-order valence-corrected chi connectivity index (χ1v) is 9.16. The molecule has 2 fully saturated rings. The summed E-state index contributed by atoms with van der Waals surface area (Å²) in [7, 11) is 0. The van der Waals surface area contributed by atoms with Gasteiger partial charge in [0, 0.05) is 31.3 Å². The molecule has 0 bridgehead atoms. The molecule has 0 radical (unpaired) electrons. The van der Waals surface area contributed by atoms with Gasteiger partial charge in [-0.1, -0.05) is 18.7 Å². The van der Waals surface area contributed by atoms with Crippen LogP contribution in [-0.4, -0.2) is 71.3 Å². The summed E-state index contributed by atoms with van der Waals surface area (Å²) in [5, 5.41) is 3.57. The smallest absolute Gasteiger partial charge is 0.231 e. The predicted octanol–water partition coefficient (Wildman–Crippen LogP) is 0.538. The van der Waals surface area contributed by atoms with Gasteiger partial charge in [0.25, 0.3) is 0 Å². The lowest BCUT2D eigenvalue weighted by molar-refractivity contribution is -0.129. The van der Waals surface area contributed by atoms with Crippen LogP contribution in [0.2, 0.25) is 0 Å². The maximum atomic E-state index is 12.3. The molecule has 0 aliphatic carbocycles. The SMILES string of the molecule is CCN1CCC[C@H]1CN1C[C@@H](C(=O)NC2=NCCS2)CC1=O. The molecule has 1 N–H and O–H groups in total. The normalized spacial score (nSPS) is 29.2. The molecule has 122 valence electrons. The second-order valence-electron chi connectivity index (χ2n) is 6.15. The van der Waals surface area contributed by atoms with E-state index in [1.807, 2.05) is 4.90 Å². The monoisotopic (exact) mass is 324 g/mol. The molecule has 0 unspecified atom stereocenters. The summed E-state index contributed by atoms with van der Waals surface area (Å²) in [5.41, 5.74) is 0. The number of thioether (sulfide) groups is 1. The van der Waals surface area contributed by atoms with Crippen molar-refractivity contribution < 1.29 is 9.59 Å². The molecule has 3 aliphatic rings. The number of hydrogen-bond donors (Lipinski definition) is 1. The number of rotatable bonds is 4. The van der Waals surface area contributed by atoms with Crippen LogP contribution in [0.15, 0.2) is 4.99 Å². The molecule has 6 nitrogen and oxygen atoms in total. The highest BCUT2D eigenvalue weighted by atomic mass is 32.2. The molecule has 22 heavy (non-hydrogen) atoms. The summed E-state index contributed by atoms with van der Waals surface area (Å²) >= 11 is 1.57. The number of carbonyl (C=O) groups is 2. The average molecular weight is 324 g/mol. The maximum Gasteiger partial charge on any atom is 0.231 e. The van der Waals surface area contributed by atoms with Gasteiger partial charge in [-0.2, -0.15) is 0 Å². The minimum atomic E-state index is -0.229. The third-order valence-corrected chi connectivity index (χ3v) is 5.63. The summed E-state index contributed by atoms with van der Waals surface area (Å²) in [4.78, 5) is 33.0. The topological polar surface area (TPSA) is 65.0 Å². The minimum Gasteiger partial charge on any atom is -0.340 e. The van der Waals surface area contributed by atoms with Gasteiger partial charge in [-0.15, -0.1) is 0 Å². The van der Waals surface area contributed by atoms with E-state index in [1.165, 1.54) is 6.42 Å². The largest absolute Gasteiger partial charge is 0.340 e. The quantitative estimate of drug-likeness (QED) is 0.820. The van der Waals surface area contributed by atoms with E-state index in [9.17, 15) is 9.59 Å². The average Bonchev–Trinajstić information content (AvgIpc) is 3.22. The molecular formula is C15H24N4O2S. The summed E-state index contributed by atoms with van der Waals surface area (Å²) in [6, 6.07) is 0.463. The lowest BCUT2D eigenvalue weighted by Crippen LogP contribution is -2.41. The van der Waals surface area contributed by atoms with E-state index in [4.69, 9.17) is 0 Å². The van der Waals surface area contributed by atoms with Gasteiger partial charge in [-0.25, -0.2) is 0 Å². The Morgan fingerprint density at radius 1 is 1.50 bits per heavy atom. The van der Waals surface area contributed by atoms with Crippen LogP contribution in [0.5, 0.6) is 0 Å². The van der Waals surface area contributed by atoms with Crippen LogP contribution in [0, 0.1) is 5.92 Å². The predicted molar refractivity (Wildman–Crippen MR) is 87.9 cm³/mol. The highest BCUT2D eigenvalue weighted by Gasteiger charge is 2.37. The van der Waals surface area contributed by atoms with Gasteiger partial charge in [0.1, 0.15) is 0 Å². The molecular weight excluding hydrogens is 300 g/mol. The van der Waals surface area contributed by atoms with E-state index in [2.05, 4.69) is 22.1 Å². The Labute approximate surface area is 135 Å². The number of nitrogens with zero attached hydrogens (tertiary/aromatic N) is 3. The van der Waals surface area contributed by atoms with Crippen molar-refractivity contribution in [2.24, 2.45) is 10.9 Å². The van der Waals surface area contributed by atoms with Crippen molar-refractivity contribution in [3.05, 3.63) is 0 Å². The Balaban J connectivity index is 1.52. The fraction of sp³-hybridized carbons (Fsp3) is 0.800. The van der Waals surface area contributed by atoms with E-state index >= 15 is 0 Å². The number of nitrogens with one attached hydrogen (secondary N) is 1. The molecule has 2 saturated heterocycles. The van der Waals surface area contributed by atoms with E-state index in [-0.39, 0.29) is 17.7 Å². The standard InChI is InChI=1S/C15H24N4O2S/c1-2-18-6-3-4-12(18)10-19-9-11(8-13(19)20)14(21)17-15-16-5-7-22-15/h11-12H,2-10H2,1H3,(H,16,17,21)/t11-,12-/m0/s1. The Bertz CT molecular complexity index is 482. The van der Waals surface area contributed by atoms with Crippen LogP contribution in [0.1, 0.15) is 26.2 Å². The van der Waals surface area contributed by atoms with Crippen LogP contribution in [0.3, 0.4) is 0 Å². The number of likely N-dealkylation sites (N-methyl/N-ethyl adjacent to an activating group) is 1. The second kappa shape index (κ2) is 7.00. The molecule has 0 spiro atoms.